The molecule has 18 heavy (non-hydrogen) atoms. The van der Waals surface area contributed by atoms with E-state index in [-0.39, 0.29) is 10.6 Å². The molecular formula is C11H10ClN3O2S. The summed E-state index contributed by atoms with van der Waals surface area (Å²) in [6, 6.07) is 7.44. The molecule has 0 aliphatic heterocycles. The van der Waals surface area contributed by atoms with Crippen LogP contribution in [0, 0.1) is 0 Å². The summed E-state index contributed by atoms with van der Waals surface area (Å²) in [7, 11) is -3.73. The van der Waals surface area contributed by atoms with Crippen molar-refractivity contribution in [3.63, 3.8) is 0 Å². The van der Waals surface area contributed by atoms with E-state index in [0.717, 1.165) is 0 Å². The van der Waals surface area contributed by atoms with Crippen LogP contribution in [-0.2, 0) is 10.0 Å². The monoisotopic (exact) mass is 283 g/mol. The highest BCUT2D eigenvalue weighted by Gasteiger charge is 2.17. The number of pyridine rings is 1. The van der Waals surface area contributed by atoms with E-state index in [4.69, 9.17) is 17.3 Å². The molecule has 0 amide bonds. The smallest absolute Gasteiger partial charge is 0.263 e. The van der Waals surface area contributed by atoms with Crippen molar-refractivity contribution in [3.05, 3.63) is 47.7 Å². The highest BCUT2D eigenvalue weighted by atomic mass is 35.5. The number of halogens is 1. The van der Waals surface area contributed by atoms with Crippen molar-refractivity contribution in [2.75, 3.05) is 10.5 Å². The van der Waals surface area contributed by atoms with Gasteiger partial charge >= 0.3 is 0 Å². The van der Waals surface area contributed by atoms with E-state index in [1.807, 2.05) is 0 Å². The Morgan fingerprint density at radius 2 is 2.06 bits per heavy atom. The third-order valence-electron chi connectivity index (χ3n) is 2.18. The van der Waals surface area contributed by atoms with Crippen molar-refractivity contribution in [1.82, 2.24) is 4.98 Å². The van der Waals surface area contributed by atoms with E-state index in [0.29, 0.717) is 10.7 Å². The topological polar surface area (TPSA) is 85.1 Å². The fourth-order valence-electron chi connectivity index (χ4n) is 1.40. The molecule has 0 aliphatic carbocycles. The number of hydrogen-bond acceptors (Lipinski definition) is 4. The molecule has 0 bridgehead atoms. The largest absolute Gasteiger partial charge is 0.398 e. The minimum Gasteiger partial charge on any atom is -0.398 e. The number of anilines is 2. The van der Waals surface area contributed by atoms with Crippen molar-refractivity contribution in [1.29, 1.82) is 0 Å². The zero-order valence-corrected chi connectivity index (χ0v) is 10.7. The highest BCUT2D eigenvalue weighted by Crippen LogP contribution is 2.24. The van der Waals surface area contributed by atoms with Crippen molar-refractivity contribution in [2.24, 2.45) is 0 Å². The standard InChI is InChI=1S/C11H10ClN3O2S/c12-8-3-4-11(10(13)6-8)18(16,17)15-9-2-1-5-14-7-9/h1-7,15H,13H2. The molecule has 2 rings (SSSR count). The predicted octanol–water partition coefficient (Wildman–Crippen LogP) is 2.12. The quantitative estimate of drug-likeness (QED) is 0.845. The summed E-state index contributed by atoms with van der Waals surface area (Å²) in [6.07, 6.45) is 2.96. The second-order valence-electron chi connectivity index (χ2n) is 3.53. The summed E-state index contributed by atoms with van der Waals surface area (Å²) in [5.41, 5.74) is 6.11. The van der Waals surface area contributed by atoms with Crippen LogP contribution in [0.3, 0.4) is 0 Å². The second-order valence-corrected chi connectivity index (χ2v) is 5.62. The lowest BCUT2D eigenvalue weighted by Gasteiger charge is -2.09. The third-order valence-corrected chi connectivity index (χ3v) is 3.87. The summed E-state index contributed by atoms with van der Waals surface area (Å²) >= 11 is 5.72. The summed E-state index contributed by atoms with van der Waals surface area (Å²) in [6.45, 7) is 0. The fraction of sp³-hybridized carbons (Fsp3) is 0. The van der Waals surface area contributed by atoms with Crippen molar-refractivity contribution >= 4 is 33.0 Å². The Balaban J connectivity index is 2.37. The predicted molar refractivity (Wildman–Crippen MR) is 70.9 cm³/mol. The van der Waals surface area contributed by atoms with Gasteiger partial charge in [-0.25, -0.2) is 8.42 Å². The number of nitrogen functional groups attached to an aromatic ring is 1. The molecule has 0 radical (unpaired) electrons. The van der Waals surface area contributed by atoms with E-state index in [1.165, 1.54) is 24.4 Å². The van der Waals surface area contributed by atoms with Crippen LogP contribution in [0.4, 0.5) is 11.4 Å². The van der Waals surface area contributed by atoms with Gasteiger partial charge in [0.1, 0.15) is 4.90 Å². The summed E-state index contributed by atoms with van der Waals surface area (Å²) < 4.78 is 26.5. The first-order valence-electron chi connectivity index (χ1n) is 4.97. The highest BCUT2D eigenvalue weighted by molar-refractivity contribution is 7.92. The molecule has 5 nitrogen and oxygen atoms in total. The first-order chi connectivity index (χ1) is 8.49. The van der Waals surface area contributed by atoms with Gasteiger partial charge in [0.15, 0.2) is 0 Å². The van der Waals surface area contributed by atoms with Gasteiger partial charge in [-0.05, 0) is 30.3 Å². The minimum absolute atomic E-state index is 0.0178. The average molecular weight is 284 g/mol. The van der Waals surface area contributed by atoms with Crippen LogP contribution in [0.25, 0.3) is 0 Å². The van der Waals surface area contributed by atoms with Crippen LogP contribution in [0.15, 0.2) is 47.6 Å². The number of nitrogens with one attached hydrogen (secondary N) is 1. The lowest BCUT2D eigenvalue weighted by atomic mass is 10.3. The molecule has 0 unspecified atom stereocenters. The number of rotatable bonds is 3. The number of aromatic nitrogens is 1. The van der Waals surface area contributed by atoms with E-state index < -0.39 is 10.0 Å². The Hall–Kier alpha value is -1.79. The molecule has 0 saturated heterocycles. The van der Waals surface area contributed by atoms with Crippen LogP contribution >= 0.6 is 11.6 Å². The van der Waals surface area contributed by atoms with Gasteiger partial charge < -0.3 is 5.73 Å². The average Bonchev–Trinajstić information content (AvgIpc) is 2.29. The van der Waals surface area contributed by atoms with Gasteiger partial charge in [0.05, 0.1) is 17.6 Å². The van der Waals surface area contributed by atoms with E-state index in [2.05, 4.69) is 9.71 Å². The Morgan fingerprint density at radius 1 is 1.28 bits per heavy atom. The van der Waals surface area contributed by atoms with Gasteiger partial charge in [0.2, 0.25) is 0 Å². The Labute approximate surface area is 110 Å². The number of benzene rings is 1. The van der Waals surface area contributed by atoms with Crippen LogP contribution < -0.4 is 10.5 Å². The maximum atomic E-state index is 12.1. The molecule has 2 aromatic rings. The van der Waals surface area contributed by atoms with Crippen LogP contribution in [0.1, 0.15) is 0 Å². The molecule has 0 aliphatic rings. The molecule has 0 saturated carbocycles. The molecule has 1 aromatic carbocycles. The maximum Gasteiger partial charge on any atom is 0.263 e. The SMILES string of the molecule is Nc1cc(Cl)ccc1S(=O)(=O)Nc1cccnc1. The van der Waals surface area contributed by atoms with Crippen LogP contribution in [0.5, 0.6) is 0 Å². The number of nitrogens with two attached hydrogens (primary N) is 1. The Morgan fingerprint density at radius 3 is 2.67 bits per heavy atom. The first kappa shape index (κ1) is 12.7. The van der Waals surface area contributed by atoms with Crippen molar-refractivity contribution in [2.45, 2.75) is 4.90 Å². The molecule has 7 heteroatoms. The number of hydrogen-bond donors (Lipinski definition) is 2. The zero-order valence-electron chi connectivity index (χ0n) is 9.17. The molecule has 1 aromatic heterocycles. The molecule has 94 valence electrons. The zero-order chi connectivity index (χ0) is 13.2. The van der Waals surface area contributed by atoms with Crippen molar-refractivity contribution in [3.8, 4) is 0 Å². The van der Waals surface area contributed by atoms with Crippen molar-refractivity contribution < 1.29 is 8.42 Å². The molecule has 3 N–H and O–H groups in total. The van der Waals surface area contributed by atoms with Gasteiger partial charge in [-0.1, -0.05) is 11.6 Å². The minimum atomic E-state index is -3.73. The van der Waals surface area contributed by atoms with Crippen LogP contribution in [0.2, 0.25) is 5.02 Å². The van der Waals surface area contributed by atoms with E-state index in [9.17, 15) is 8.42 Å². The molecule has 0 fully saturated rings. The molecular weight excluding hydrogens is 274 g/mol. The van der Waals surface area contributed by atoms with E-state index >= 15 is 0 Å². The lowest BCUT2D eigenvalue weighted by molar-refractivity contribution is 0.601. The van der Waals surface area contributed by atoms with Gasteiger partial charge in [0.25, 0.3) is 10.0 Å². The molecule has 1 heterocycles. The van der Waals surface area contributed by atoms with Gasteiger partial charge in [-0.2, -0.15) is 0 Å². The normalized spacial score (nSPS) is 11.2. The second kappa shape index (κ2) is 4.83. The fourth-order valence-corrected chi connectivity index (χ4v) is 2.74. The summed E-state index contributed by atoms with van der Waals surface area (Å²) in [4.78, 5) is 3.80. The lowest BCUT2D eigenvalue weighted by Crippen LogP contribution is -2.14. The first-order valence-corrected chi connectivity index (χ1v) is 6.83. The number of sulfonamides is 1. The number of nitrogens with zero attached hydrogens (tertiary/aromatic N) is 1. The van der Waals surface area contributed by atoms with Gasteiger partial charge in [-0.15, -0.1) is 0 Å². The van der Waals surface area contributed by atoms with Gasteiger partial charge in [0, 0.05) is 11.2 Å². The Kier molecular flexibility index (Phi) is 3.40. The van der Waals surface area contributed by atoms with E-state index in [1.54, 1.807) is 18.3 Å². The summed E-state index contributed by atoms with van der Waals surface area (Å²) in [5, 5.41) is 0.382. The Bertz CT molecular complexity index is 659. The third kappa shape index (κ3) is 2.72. The molecule has 0 spiro atoms. The summed E-state index contributed by atoms with van der Waals surface area (Å²) in [5.74, 6) is 0. The van der Waals surface area contributed by atoms with Gasteiger partial charge in [-0.3, -0.25) is 9.71 Å². The van der Waals surface area contributed by atoms with Crippen LogP contribution in [-0.4, -0.2) is 13.4 Å². The molecule has 0 atom stereocenters. The maximum absolute atomic E-state index is 12.1.